The zero-order chi connectivity index (χ0) is 12.3. The summed E-state index contributed by atoms with van der Waals surface area (Å²) >= 11 is 0. The van der Waals surface area contributed by atoms with Gasteiger partial charge in [0.25, 0.3) is 0 Å². The van der Waals surface area contributed by atoms with Gasteiger partial charge in [0, 0.05) is 18.4 Å². The quantitative estimate of drug-likeness (QED) is 0.796. The van der Waals surface area contributed by atoms with E-state index in [1.54, 1.807) is 19.1 Å². The summed E-state index contributed by atoms with van der Waals surface area (Å²) in [6, 6.07) is 4.67. The molecule has 5 heteroatoms. The van der Waals surface area contributed by atoms with E-state index in [2.05, 4.69) is 10.5 Å². The fourth-order valence-corrected chi connectivity index (χ4v) is 1.59. The smallest absolute Gasteiger partial charge is 0.239 e. The van der Waals surface area contributed by atoms with Gasteiger partial charge in [-0.15, -0.1) is 0 Å². The average Bonchev–Trinajstić information content (AvgIpc) is 2.36. The van der Waals surface area contributed by atoms with Crippen LogP contribution in [0.5, 0.6) is 5.75 Å². The van der Waals surface area contributed by atoms with Crippen LogP contribution in [-0.4, -0.2) is 18.2 Å². The lowest BCUT2D eigenvalue weighted by molar-refractivity contribution is -0.120. The van der Waals surface area contributed by atoms with Crippen molar-refractivity contribution in [1.29, 1.82) is 0 Å². The van der Waals surface area contributed by atoms with Gasteiger partial charge < -0.3 is 4.74 Å². The van der Waals surface area contributed by atoms with Crippen molar-refractivity contribution in [3.63, 3.8) is 0 Å². The molecule has 0 atom stereocenters. The Kier molecular flexibility index (Phi) is 3.37. The number of hydrogen-bond donors (Lipinski definition) is 1. The number of nitrogens with zero attached hydrogens (tertiary/aromatic N) is 1. The Labute approximate surface area is 98.5 Å². The monoisotopic (exact) mass is 236 g/mol. The molecule has 2 rings (SSSR count). The Bertz CT molecular complexity index is 472. The number of nitrogens with one attached hydrogen (secondary N) is 1. The standard InChI is InChI=1S/C12H13FN2O2/c1-2-11(16)15-14-10-6-7-17-12-8(10)4-3-5-9(12)13/h3-5H,2,6-7H2,1H3,(H,15,16)/b14-10+. The Balaban J connectivity index is 2.29. The maximum Gasteiger partial charge on any atom is 0.239 e. The van der Waals surface area contributed by atoms with Gasteiger partial charge in [0.1, 0.15) is 0 Å². The number of para-hydroxylation sites is 1. The fraction of sp³-hybridized carbons (Fsp3) is 0.333. The van der Waals surface area contributed by atoms with E-state index in [9.17, 15) is 9.18 Å². The van der Waals surface area contributed by atoms with E-state index < -0.39 is 5.82 Å². The molecule has 1 aliphatic rings. The molecule has 0 saturated carbocycles. The van der Waals surface area contributed by atoms with E-state index in [1.807, 2.05) is 0 Å². The Morgan fingerprint density at radius 1 is 1.59 bits per heavy atom. The van der Waals surface area contributed by atoms with E-state index >= 15 is 0 Å². The van der Waals surface area contributed by atoms with Gasteiger partial charge in [0.2, 0.25) is 5.91 Å². The second-order valence-corrected chi connectivity index (χ2v) is 3.66. The van der Waals surface area contributed by atoms with Crippen LogP contribution in [0.1, 0.15) is 25.3 Å². The van der Waals surface area contributed by atoms with Crippen molar-refractivity contribution < 1.29 is 13.9 Å². The van der Waals surface area contributed by atoms with Crippen molar-refractivity contribution in [2.75, 3.05) is 6.61 Å². The van der Waals surface area contributed by atoms with Crippen molar-refractivity contribution >= 4 is 11.6 Å². The highest BCUT2D eigenvalue weighted by atomic mass is 19.1. The molecule has 1 amide bonds. The van der Waals surface area contributed by atoms with Crippen LogP contribution in [0, 0.1) is 5.82 Å². The number of halogens is 1. The number of hydrazone groups is 1. The zero-order valence-corrected chi connectivity index (χ0v) is 9.50. The molecule has 0 fully saturated rings. The lowest BCUT2D eigenvalue weighted by Gasteiger charge is -2.19. The van der Waals surface area contributed by atoms with Crippen LogP contribution in [0.25, 0.3) is 0 Å². The topological polar surface area (TPSA) is 50.7 Å². The molecular formula is C12H13FN2O2. The molecule has 0 aromatic heterocycles. The highest BCUT2D eigenvalue weighted by Crippen LogP contribution is 2.27. The summed E-state index contributed by atoms with van der Waals surface area (Å²) in [5.41, 5.74) is 3.68. The second kappa shape index (κ2) is 4.95. The minimum Gasteiger partial charge on any atom is -0.489 e. The van der Waals surface area contributed by atoms with Gasteiger partial charge in [0.05, 0.1) is 12.3 Å². The second-order valence-electron chi connectivity index (χ2n) is 3.66. The van der Waals surface area contributed by atoms with E-state index in [4.69, 9.17) is 4.74 Å². The first-order chi connectivity index (χ1) is 8.22. The first-order valence-corrected chi connectivity index (χ1v) is 5.49. The molecule has 0 unspecified atom stereocenters. The van der Waals surface area contributed by atoms with Crippen molar-refractivity contribution in [2.24, 2.45) is 5.10 Å². The summed E-state index contributed by atoms with van der Waals surface area (Å²) in [5, 5.41) is 4.01. The van der Waals surface area contributed by atoms with Crippen LogP contribution in [0.2, 0.25) is 0 Å². The maximum atomic E-state index is 13.4. The van der Waals surface area contributed by atoms with Crippen LogP contribution in [0.3, 0.4) is 0 Å². The summed E-state index contributed by atoms with van der Waals surface area (Å²) in [4.78, 5) is 11.1. The maximum absolute atomic E-state index is 13.4. The minimum atomic E-state index is -0.406. The summed E-state index contributed by atoms with van der Waals surface area (Å²) in [5.74, 6) is -0.359. The van der Waals surface area contributed by atoms with Crippen molar-refractivity contribution in [3.05, 3.63) is 29.6 Å². The number of hydrogen-bond acceptors (Lipinski definition) is 3. The Morgan fingerprint density at radius 3 is 3.18 bits per heavy atom. The van der Waals surface area contributed by atoms with E-state index in [0.717, 1.165) is 0 Å². The number of benzene rings is 1. The minimum absolute atomic E-state index is 0.165. The number of rotatable bonds is 2. The van der Waals surface area contributed by atoms with E-state index in [-0.39, 0.29) is 11.7 Å². The van der Waals surface area contributed by atoms with Crippen LogP contribution in [0.4, 0.5) is 4.39 Å². The van der Waals surface area contributed by atoms with Gasteiger partial charge >= 0.3 is 0 Å². The molecule has 0 aliphatic carbocycles. The molecule has 0 radical (unpaired) electrons. The molecule has 1 N–H and O–H groups in total. The third-order valence-corrected chi connectivity index (χ3v) is 2.50. The average molecular weight is 236 g/mol. The van der Waals surface area contributed by atoms with Crippen molar-refractivity contribution in [1.82, 2.24) is 5.43 Å². The molecule has 4 nitrogen and oxygen atoms in total. The molecular weight excluding hydrogens is 223 g/mol. The van der Waals surface area contributed by atoms with Crippen LogP contribution >= 0.6 is 0 Å². The normalized spacial score (nSPS) is 16.2. The summed E-state index contributed by atoms with van der Waals surface area (Å²) in [6.07, 6.45) is 0.920. The lowest BCUT2D eigenvalue weighted by atomic mass is 10.0. The summed E-state index contributed by atoms with van der Waals surface area (Å²) in [7, 11) is 0. The summed E-state index contributed by atoms with van der Waals surface area (Å²) in [6.45, 7) is 2.11. The molecule has 0 spiro atoms. The Hall–Kier alpha value is -1.91. The van der Waals surface area contributed by atoms with Crippen LogP contribution in [0.15, 0.2) is 23.3 Å². The van der Waals surface area contributed by atoms with Gasteiger partial charge in [-0.2, -0.15) is 5.10 Å². The number of carbonyl (C=O) groups excluding carboxylic acids is 1. The van der Waals surface area contributed by atoms with Gasteiger partial charge in [-0.3, -0.25) is 4.79 Å². The molecule has 0 bridgehead atoms. The highest BCUT2D eigenvalue weighted by molar-refractivity contribution is 6.04. The first kappa shape index (κ1) is 11.6. The SMILES string of the molecule is CCC(=O)N/N=C1\CCOc2c(F)cccc21. The number of amides is 1. The predicted molar refractivity (Wildman–Crippen MR) is 61.5 cm³/mol. The molecule has 90 valence electrons. The predicted octanol–water partition coefficient (Wildman–Crippen LogP) is 1.84. The lowest BCUT2D eigenvalue weighted by Crippen LogP contribution is -2.23. The first-order valence-electron chi connectivity index (χ1n) is 5.49. The number of ether oxygens (including phenoxy) is 1. The fourth-order valence-electron chi connectivity index (χ4n) is 1.59. The molecule has 1 aromatic carbocycles. The number of fused-ring (bicyclic) bond motifs is 1. The van der Waals surface area contributed by atoms with E-state index in [0.29, 0.717) is 30.7 Å². The molecule has 17 heavy (non-hydrogen) atoms. The van der Waals surface area contributed by atoms with Gasteiger partial charge in [-0.1, -0.05) is 13.0 Å². The van der Waals surface area contributed by atoms with Gasteiger partial charge in [-0.05, 0) is 12.1 Å². The van der Waals surface area contributed by atoms with Crippen molar-refractivity contribution in [2.45, 2.75) is 19.8 Å². The van der Waals surface area contributed by atoms with Crippen LogP contribution in [-0.2, 0) is 4.79 Å². The molecule has 1 aromatic rings. The zero-order valence-electron chi connectivity index (χ0n) is 9.50. The largest absolute Gasteiger partial charge is 0.489 e. The van der Waals surface area contributed by atoms with Gasteiger partial charge in [-0.25, -0.2) is 9.82 Å². The molecule has 0 saturated heterocycles. The van der Waals surface area contributed by atoms with Crippen molar-refractivity contribution in [3.8, 4) is 5.75 Å². The molecule has 1 heterocycles. The molecule has 1 aliphatic heterocycles. The summed E-state index contributed by atoms with van der Waals surface area (Å²) < 4.78 is 18.7. The Morgan fingerprint density at radius 2 is 2.41 bits per heavy atom. The van der Waals surface area contributed by atoms with Gasteiger partial charge in [0.15, 0.2) is 11.6 Å². The number of carbonyl (C=O) groups is 1. The highest BCUT2D eigenvalue weighted by Gasteiger charge is 2.20. The van der Waals surface area contributed by atoms with E-state index in [1.165, 1.54) is 6.07 Å². The third-order valence-electron chi connectivity index (χ3n) is 2.50. The third kappa shape index (κ3) is 2.43. The van der Waals surface area contributed by atoms with Crippen LogP contribution < -0.4 is 10.2 Å².